The lowest BCUT2D eigenvalue weighted by molar-refractivity contribution is -0.516. The molecule has 0 fully saturated rings. The number of ether oxygens (including phenoxy) is 1. The van der Waals surface area contributed by atoms with Gasteiger partial charge in [0.1, 0.15) is 5.75 Å². The second kappa shape index (κ2) is 4.45. The Balaban J connectivity index is 2.27. The first-order valence-electron chi connectivity index (χ1n) is 7.09. The molecule has 0 aliphatic carbocycles. The number of pyridine rings is 2. The molecule has 0 aliphatic heterocycles. The van der Waals surface area contributed by atoms with E-state index in [0.717, 1.165) is 5.75 Å². The molecule has 0 saturated carbocycles. The molecule has 4 rings (SSSR count). The van der Waals surface area contributed by atoms with E-state index >= 15 is 0 Å². The first kappa shape index (κ1) is 12.2. The fraction of sp³-hybridized carbons (Fsp3) is 0.105. The highest BCUT2D eigenvalue weighted by molar-refractivity contribution is 5.99. The van der Waals surface area contributed by atoms with Crippen LogP contribution in [0.3, 0.4) is 0 Å². The third-order valence-electron chi connectivity index (χ3n) is 4.19. The van der Waals surface area contributed by atoms with Gasteiger partial charge in [-0.15, -0.1) is 0 Å². The first-order valence-corrected chi connectivity index (χ1v) is 7.09. The average Bonchev–Trinajstić information content (AvgIpc) is 2.54. The number of benzene rings is 2. The standard InChI is InChI=1S/C19H16NO/c1-13-19-15(7-5-9-18(19)21-2)12-17-16-8-4-3-6-14(16)10-11-20(13)17/h3-12H,1-2H3/q+1. The summed E-state index contributed by atoms with van der Waals surface area (Å²) in [6.07, 6.45) is 2.14. The summed E-state index contributed by atoms with van der Waals surface area (Å²) in [6, 6.07) is 19.1. The van der Waals surface area contributed by atoms with Crippen molar-refractivity contribution in [3.8, 4) is 5.75 Å². The Kier molecular flexibility index (Phi) is 2.58. The second-order valence-corrected chi connectivity index (χ2v) is 5.31. The molecule has 0 spiro atoms. The molecule has 2 heterocycles. The number of aromatic nitrogens is 1. The molecule has 0 bridgehead atoms. The van der Waals surface area contributed by atoms with Gasteiger partial charge >= 0.3 is 0 Å². The maximum absolute atomic E-state index is 5.53. The average molecular weight is 274 g/mol. The maximum atomic E-state index is 5.53. The zero-order chi connectivity index (χ0) is 14.4. The van der Waals surface area contributed by atoms with Gasteiger partial charge in [0, 0.05) is 19.1 Å². The van der Waals surface area contributed by atoms with Gasteiger partial charge in [0.2, 0.25) is 5.52 Å². The summed E-state index contributed by atoms with van der Waals surface area (Å²) in [5, 5.41) is 4.92. The maximum Gasteiger partial charge on any atom is 0.219 e. The zero-order valence-electron chi connectivity index (χ0n) is 12.1. The number of fused-ring (bicyclic) bond motifs is 4. The van der Waals surface area contributed by atoms with E-state index in [-0.39, 0.29) is 0 Å². The molecule has 2 nitrogen and oxygen atoms in total. The molecule has 2 aromatic heterocycles. The Morgan fingerprint density at radius 3 is 2.57 bits per heavy atom. The highest BCUT2D eigenvalue weighted by Crippen LogP contribution is 2.29. The minimum atomic E-state index is 0.924. The molecule has 2 aromatic carbocycles. The van der Waals surface area contributed by atoms with Crippen molar-refractivity contribution < 1.29 is 9.14 Å². The van der Waals surface area contributed by atoms with E-state index in [9.17, 15) is 0 Å². The lowest BCUT2D eigenvalue weighted by Gasteiger charge is -2.07. The summed E-state index contributed by atoms with van der Waals surface area (Å²) in [5.41, 5.74) is 2.43. The lowest BCUT2D eigenvalue weighted by Crippen LogP contribution is -2.25. The van der Waals surface area contributed by atoms with Gasteiger partial charge in [-0.05, 0) is 22.9 Å². The molecule has 0 amide bonds. The quantitative estimate of drug-likeness (QED) is 0.290. The van der Waals surface area contributed by atoms with Crippen molar-refractivity contribution in [1.29, 1.82) is 0 Å². The van der Waals surface area contributed by atoms with Crippen molar-refractivity contribution >= 4 is 27.1 Å². The van der Waals surface area contributed by atoms with Crippen LogP contribution in [-0.2, 0) is 0 Å². The van der Waals surface area contributed by atoms with Crippen LogP contribution in [0.2, 0.25) is 0 Å². The normalized spacial score (nSPS) is 11.3. The van der Waals surface area contributed by atoms with E-state index in [1.807, 2.05) is 12.1 Å². The molecule has 102 valence electrons. The third kappa shape index (κ3) is 1.69. The predicted octanol–water partition coefficient (Wildman–Crippen LogP) is 4.05. The Morgan fingerprint density at radius 1 is 0.905 bits per heavy atom. The summed E-state index contributed by atoms with van der Waals surface area (Å²) < 4.78 is 7.77. The number of rotatable bonds is 1. The highest BCUT2D eigenvalue weighted by Gasteiger charge is 2.17. The Labute approximate surface area is 123 Å². The fourth-order valence-electron chi connectivity index (χ4n) is 3.17. The van der Waals surface area contributed by atoms with Crippen LogP contribution in [-0.4, -0.2) is 7.11 Å². The summed E-state index contributed by atoms with van der Waals surface area (Å²) >= 11 is 0. The Hall–Kier alpha value is -2.61. The molecule has 0 radical (unpaired) electrons. The minimum Gasteiger partial charge on any atom is -0.496 e. The van der Waals surface area contributed by atoms with Gasteiger partial charge in [-0.25, -0.2) is 0 Å². The van der Waals surface area contributed by atoms with Crippen molar-refractivity contribution in [2.45, 2.75) is 6.92 Å². The van der Waals surface area contributed by atoms with Crippen LogP contribution in [0.4, 0.5) is 0 Å². The predicted molar refractivity (Wildman–Crippen MR) is 85.9 cm³/mol. The van der Waals surface area contributed by atoms with Gasteiger partial charge in [0.05, 0.1) is 17.9 Å². The molecule has 0 aliphatic rings. The number of aryl methyl sites for hydroxylation is 1. The molecule has 2 heteroatoms. The van der Waals surface area contributed by atoms with Gasteiger partial charge < -0.3 is 4.74 Å². The Morgan fingerprint density at radius 2 is 1.71 bits per heavy atom. The number of hydrogen-bond donors (Lipinski definition) is 0. The van der Waals surface area contributed by atoms with Crippen LogP contribution in [0.15, 0.2) is 60.8 Å². The van der Waals surface area contributed by atoms with Crippen LogP contribution in [0.5, 0.6) is 5.75 Å². The summed E-state index contributed by atoms with van der Waals surface area (Å²) in [7, 11) is 1.73. The third-order valence-corrected chi connectivity index (χ3v) is 4.19. The van der Waals surface area contributed by atoms with Gasteiger partial charge in [-0.2, -0.15) is 4.40 Å². The van der Waals surface area contributed by atoms with E-state index in [1.165, 1.54) is 32.8 Å². The molecule has 0 atom stereocenters. The Bertz CT molecular complexity index is 989. The van der Waals surface area contributed by atoms with Crippen molar-refractivity contribution in [2.75, 3.05) is 7.11 Å². The van der Waals surface area contributed by atoms with Crippen molar-refractivity contribution in [1.82, 2.24) is 0 Å². The molecule has 0 N–H and O–H groups in total. The zero-order valence-corrected chi connectivity index (χ0v) is 12.1. The lowest BCUT2D eigenvalue weighted by atomic mass is 10.0. The van der Waals surface area contributed by atoms with Gasteiger partial charge in [-0.1, -0.05) is 30.3 Å². The second-order valence-electron chi connectivity index (χ2n) is 5.31. The number of methoxy groups -OCH3 is 1. The van der Waals surface area contributed by atoms with Crippen molar-refractivity contribution in [3.63, 3.8) is 0 Å². The van der Waals surface area contributed by atoms with E-state index in [2.05, 4.69) is 60.0 Å². The highest BCUT2D eigenvalue weighted by atomic mass is 16.5. The summed E-state index contributed by atoms with van der Waals surface area (Å²) in [5.74, 6) is 0.924. The topological polar surface area (TPSA) is 13.3 Å². The van der Waals surface area contributed by atoms with Crippen molar-refractivity contribution in [2.24, 2.45) is 0 Å². The van der Waals surface area contributed by atoms with E-state index in [4.69, 9.17) is 4.74 Å². The summed E-state index contributed by atoms with van der Waals surface area (Å²) in [6.45, 7) is 2.15. The molecule has 21 heavy (non-hydrogen) atoms. The largest absolute Gasteiger partial charge is 0.496 e. The smallest absolute Gasteiger partial charge is 0.219 e. The number of nitrogens with zero attached hydrogens (tertiary/aromatic N) is 1. The van der Waals surface area contributed by atoms with Crippen LogP contribution >= 0.6 is 0 Å². The first-order chi connectivity index (χ1) is 10.3. The minimum absolute atomic E-state index is 0.924. The van der Waals surface area contributed by atoms with Gasteiger partial charge in [0.25, 0.3) is 0 Å². The van der Waals surface area contributed by atoms with E-state index in [1.54, 1.807) is 7.11 Å². The van der Waals surface area contributed by atoms with E-state index in [0.29, 0.717) is 0 Å². The van der Waals surface area contributed by atoms with Gasteiger partial charge in [0.15, 0.2) is 11.9 Å². The number of hydrogen-bond acceptors (Lipinski definition) is 1. The van der Waals surface area contributed by atoms with Crippen LogP contribution in [0.1, 0.15) is 5.69 Å². The van der Waals surface area contributed by atoms with Crippen LogP contribution in [0.25, 0.3) is 27.1 Å². The molecular weight excluding hydrogens is 258 g/mol. The van der Waals surface area contributed by atoms with Crippen LogP contribution in [0, 0.1) is 6.92 Å². The molecular formula is C19H16NO+. The van der Waals surface area contributed by atoms with Crippen molar-refractivity contribution in [3.05, 3.63) is 66.5 Å². The SMILES string of the molecule is COc1cccc2cc3c4ccccc4cc[n+]3c(C)c12. The molecule has 4 aromatic rings. The van der Waals surface area contributed by atoms with E-state index < -0.39 is 0 Å². The van der Waals surface area contributed by atoms with Gasteiger partial charge in [-0.3, -0.25) is 0 Å². The fourth-order valence-corrected chi connectivity index (χ4v) is 3.17. The summed E-state index contributed by atoms with van der Waals surface area (Å²) in [4.78, 5) is 0. The van der Waals surface area contributed by atoms with Crippen LogP contribution < -0.4 is 9.14 Å². The molecule has 0 saturated heterocycles. The molecule has 0 unspecified atom stereocenters. The monoisotopic (exact) mass is 274 g/mol.